The number of ether oxygens (including phenoxy) is 4. The molecule has 1 atom stereocenters. The molecule has 1 aromatic rings. The summed E-state index contributed by atoms with van der Waals surface area (Å²) in [4.78, 5) is 24.0. The number of nitrogens with two attached hydrogens (primary N) is 1. The van der Waals surface area contributed by atoms with Crippen LogP contribution in [0.5, 0.6) is 0 Å². The van der Waals surface area contributed by atoms with Crippen molar-refractivity contribution < 1.29 is 28.5 Å². The van der Waals surface area contributed by atoms with Gasteiger partial charge in [-0.1, -0.05) is 12.1 Å². The van der Waals surface area contributed by atoms with Crippen LogP contribution in [0, 0.1) is 11.3 Å². The number of allylic oxidation sites excluding steroid dienone is 1. The summed E-state index contributed by atoms with van der Waals surface area (Å²) in [6.07, 6.45) is 0. The molecule has 0 radical (unpaired) electrons. The van der Waals surface area contributed by atoms with Gasteiger partial charge in [0.25, 0.3) is 0 Å². The molecule has 2 N–H and O–H groups in total. The number of benzene rings is 1. The lowest BCUT2D eigenvalue weighted by atomic mass is 9.82. The highest BCUT2D eigenvalue weighted by molar-refractivity contribution is 5.93. The average Bonchev–Trinajstić information content (AvgIpc) is 2.66. The van der Waals surface area contributed by atoms with E-state index in [1.54, 1.807) is 12.1 Å². The molecule has 0 unspecified atom stereocenters. The first-order valence-corrected chi connectivity index (χ1v) is 7.54. The Morgan fingerprint density at radius 1 is 1.15 bits per heavy atom. The fourth-order valence-corrected chi connectivity index (χ4v) is 2.65. The smallest absolute Gasteiger partial charge is 0.338 e. The first kappa shape index (κ1) is 19.0. The van der Waals surface area contributed by atoms with Gasteiger partial charge in [0, 0.05) is 7.11 Å². The summed E-state index contributed by atoms with van der Waals surface area (Å²) in [5, 5.41) is 9.51. The van der Waals surface area contributed by atoms with E-state index in [0.717, 1.165) is 0 Å². The summed E-state index contributed by atoms with van der Waals surface area (Å²) in [6.45, 7) is -0.0272. The van der Waals surface area contributed by atoms with E-state index in [9.17, 15) is 14.9 Å². The molecule has 0 saturated carbocycles. The van der Waals surface area contributed by atoms with E-state index in [-0.39, 0.29) is 29.4 Å². The molecule has 1 aromatic carbocycles. The van der Waals surface area contributed by atoms with Crippen LogP contribution in [0.15, 0.2) is 47.1 Å². The maximum atomic E-state index is 12.4. The first-order valence-electron chi connectivity index (χ1n) is 7.54. The minimum atomic E-state index is -0.807. The molecule has 0 amide bonds. The number of methoxy groups -OCH3 is 3. The summed E-state index contributed by atoms with van der Waals surface area (Å²) < 4.78 is 20.0. The summed E-state index contributed by atoms with van der Waals surface area (Å²) in [5.74, 6) is -1.92. The van der Waals surface area contributed by atoms with Crippen LogP contribution in [0.2, 0.25) is 0 Å². The van der Waals surface area contributed by atoms with Crippen LogP contribution in [0.1, 0.15) is 21.8 Å². The van der Waals surface area contributed by atoms with E-state index in [4.69, 9.17) is 19.9 Å². The fourth-order valence-electron chi connectivity index (χ4n) is 2.65. The Hall–Kier alpha value is -3.31. The quantitative estimate of drug-likeness (QED) is 0.783. The van der Waals surface area contributed by atoms with Gasteiger partial charge in [0.05, 0.1) is 31.3 Å². The molecule has 0 fully saturated rings. The molecular weight excluding hydrogens is 340 g/mol. The number of nitrogens with zero attached hydrogens (tertiary/aromatic N) is 1. The Bertz CT molecular complexity index is 817. The van der Waals surface area contributed by atoms with Crippen LogP contribution >= 0.6 is 0 Å². The van der Waals surface area contributed by atoms with E-state index >= 15 is 0 Å². The van der Waals surface area contributed by atoms with Crippen LogP contribution in [0.25, 0.3) is 0 Å². The SMILES string of the molecule is COCC1=C(C(=O)OC)[C@@H](c2ccc(C(=O)OC)cc2)C(C#N)=C(N)O1. The van der Waals surface area contributed by atoms with Gasteiger partial charge >= 0.3 is 11.9 Å². The molecule has 2 rings (SSSR count). The van der Waals surface area contributed by atoms with Crippen LogP contribution in [0.3, 0.4) is 0 Å². The molecule has 8 nitrogen and oxygen atoms in total. The molecule has 26 heavy (non-hydrogen) atoms. The van der Waals surface area contributed by atoms with Gasteiger partial charge in [0.15, 0.2) is 0 Å². The van der Waals surface area contributed by atoms with Gasteiger partial charge in [0.1, 0.15) is 24.0 Å². The van der Waals surface area contributed by atoms with Crippen molar-refractivity contribution in [1.29, 1.82) is 5.26 Å². The second-order valence-corrected chi connectivity index (χ2v) is 5.30. The van der Waals surface area contributed by atoms with Gasteiger partial charge in [-0.25, -0.2) is 9.59 Å². The van der Waals surface area contributed by atoms with E-state index in [1.165, 1.54) is 33.5 Å². The molecule has 1 aliphatic heterocycles. The number of esters is 2. The fraction of sp³-hybridized carbons (Fsp3) is 0.278. The maximum Gasteiger partial charge on any atom is 0.338 e. The van der Waals surface area contributed by atoms with Crippen molar-refractivity contribution in [2.45, 2.75) is 5.92 Å². The lowest BCUT2D eigenvalue weighted by Crippen LogP contribution is -2.27. The summed E-state index contributed by atoms with van der Waals surface area (Å²) in [5.41, 5.74) is 6.94. The lowest BCUT2D eigenvalue weighted by Gasteiger charge is -2.27. The molecule has 0 saturated heterocycles. The molecule has 1 heterocycles. The lowest BCUT2D eigenvalue weighted by molar-refractivity contribution is -0.136. The summed E-state index contributed by atoms with van der Waals surface area (Å²) in [7, 11) is 3.94. The van der Waals surface area contributed by atoms with Gasteiger partial charge in [0.2, 0.25) is 5.88 Å². The van der Waals surface area contributed by atoms with Crippen molar-refractivity contribution in [2.75, 3.05) is 27.9 Å². The standard InChI is InChI=1S/C18H18N2O6/c1-23-9-13-15(18(22)25-3)14(12(8-19)16(20)26-13)10-4-6-11(7-5-10)17(21)24-2/h4-7,14H,9,20H2,1-3H3/t14-/m0/s1. The number of hydrogen-bond acceptors (Lipinski definition) is 8. The zero-order chi connectivity index (χ0) is 19.3. The van der Waals surface area contributed by atoms with Crippen LogP contribution < -0.4 is 5.73 Å². The Labute approximate surface area is 150 Å². The Morgan fingerprint density at radius 2 is 1.77 bits per heavy atom. The van der Waals surface area contributed by atoms with Gasteiger partial charge in [-0.2, -0.15) is 5.26 Å². The van der Waals surface area contributed by atoms with Crippen molar-refractivity contribution in [3.8, 4) is 6.07 Å². The summed E-state index contributed by atoms with van der Waals surface area (Å²) >= 11 is 0. The topological polar surface area (TPSA) is 121 Å². The normalized spacial score (nSPS) is 16.6. The highest BCUT2D eigenvalue weighted by atomic mass is 16.5. The molecule has 0 aliphatic carbocycles. The van der Waals surface area contributed by atoms with Crippen LogP contribution in [-0.2, 0) is 23.7 Å². The highest BCUT2D eigenvalue weighted by Crippen LogP contribution is 2.39. The Morgan fingerprint density at radius 3 is 2.27 bits per heavy atom. The zero-order valence-electron chi connectivity index (χ0n) is 14.6. The monoisotopic (exact) mass is 358 g/mol. The van der Waals surface area contributed by atoms with Crippen LogP contribution in [0.4, 0.5) is 0 Å². The predicted octanol–water partition coefficient (Wildman–Crippen LogP) is 1.35. The zero-order valence-corrected chi connectivity index (χ0v) is 14.6. The summed E-state index contributed by atoms with van der Waals surface area (Å²) in [6, 6.07) is 8.27. The molecule has 8 heteroatoms. The van der Waals surface area contributed by atoms with Crippen molar-refractivity contribution >= 4 is 11.9 Å². The van der Waals surface area contributed by atoms with Crippen molar-refractivity contribution in [2.24, 2.45) is 5.73 Å². The highest BCUT2D eigenvalue weighted by Gasteiger charge is 2.37. The Balaban J connectivity index is 2.61. The minimum Gasteiger partial charge on any atom is -0.466 e. The predicted molar refractivity (Wildman–Crippen MR) is 89.4 cm³/mol. The third kappa shape index (κ3) is 3.53. The van der Waals surface area contributed by atoms with Crippen molar-refractivity contribution in [3.05, 3.63) is 58.2 Å². The number of nitriles is 1. The number of carbonyl (C=O) groups is 2. The second-order valence-electron chi connectivity index (χ2n) is 5.30. The average molecular weight is 358 g/mol. The minimum absolute atomic E-state index is 0.0272. The molecule has 0 aromatic heterocycles. The molecular formula is C18H18N2O6. The number of rotatable bonds is 5. The number of carbonyl (C=O) groups excluding carboxylic acids is 2. The van der Waals surface area contributed by atoms with Crippen LogP contribution in [-0.4, -0.2) is 39.9 Å². The van der Waals surface area contributed by atoms with Gasteiger partial charge in [-0.3, -0.25) is 0 Å². The third-order valence-electron chi connectivity index (χ3n) is 3.84. The molecule has 136 valence electrons. The molecule has 1 aliphatic rings. The van der Waals surface area contributed by atoms with E-state index in [2.05, 4.69) is 4.74 Å². The largest absolute Gasteiger partial charge is 0.466 e. The number of hydrogen-bond donors (Lipinski definition) is 1. The van der Waals surface area contributed by atoms with E-state index in [0.29, 0.717) is 11.1 Å². The molecule has 0 bridgehead atoms. The van der Waals surface area contributed by atoms with Crippen molar-refractivity contribution in [3.63, 3.8) is 0 Å². The third-order valence-corrected chi connectivity index (χ3v) is 3.84. The second kappa shape index (κ2) is 8.18. The molecule has 0 spiro atoms. The van der Waals surface area contributed by atoms with E-state index < -0.39 is 17.9 Å². The van der Waals surface area contributed by atoms with Gasteiger partial charge in [-0.05, 0) is 17.7 Å². The maximum absolute atomic E-state index is 12.4. The van der Waals surface area contributed by atoms with Gasteiger partial charge < -0.3 is 24.7 Å². The Kier molecular flexibility index (Phi) is 5.98. The van der Waals surface area contributed by atoms with Gasteiger partial charge in [-0.15, -0.1) is 0 Å². The first-order chi connectivity index (χ1) is 12.5. The van der Waals surface area contributed by atoms with Crippen molar-refractivity contribution in [1.82, 2.24) is 0 Å². The van der Waals surface area contributed by atoms with E-state index in [1.807, 2.05) is 6.07 Å².